The highest BCUT2D eigenvalue weighted by molar-refractivity contribution is 5.95. The summed E-state index contributed by atoms with van der Waals surface area (Å²) in [5, 5.41) is 28.3. The van der Waals surface area contributed by atoms with E-state index in [-0.39, 0.29) is 11.5 Å². The minimum atomic E-state index is -1.29. The SMILES string of the molecule is NC(=O)c1ncn([C@@H]2O[C@H](CO)[C@H](O)[C@H]2O)c1N. The van der Waals surface area contributed by atoms with Gasteiger partial charge in [0.1, 0.15) is 24.1 Å². The molecule has 0 spiro atoms. The molecular weight excluding hydrogens is 244 g/mol. The van der Waals surface area contributed by atoms with Crippen LogP contribution in [-0.4, -0.2) is 55.7 Å². The summed E-state index contributed by atoms with van der Waals surface area (Å²) in [6, 6.07) is 0. The molecule has 7 N–H and O–H groups in total. The number of rotatable bonds is 3. The van der Waals surface area contributed by atoms with Crippen molar-refractivity contribution in [2.45, 2.75) is 24.5 Å². The lowest BCUT2D eigenvalue weighted by Gasteiger charge is -2.17. The minimum Gasteiger partial charge on any atom is -0.394 e. The fourth-order valence-electron chi connectivity index (χ4n) is 1.87. The predicted octanol–water partition coefficient (Wildman–Crippen LogP) is -2.82. The molecule has 0 aliphatic carbocycles. The van der Waals surface area contributed by atoms with E-state index >= 15 is 0 Å². The summed E-state index contributed by atoms with van der Waals surface area (Å²) in [5.74, 6) is -0.879. The Kier molecular flexibility index (Phi) is 3.22. The first-order chi connectivity index (χ1) is 8.47. The average molecular weight is 258 g/mol. The number of aromatic nitrogens is 2. The Labute approximate surface area is 102 Å². The lowest BCUT2D eigenvalue weighted by Crippen LogP contribution is -2.33. The molecule has 1 saturated heterocycles. The van der Waals surface area contributed by atoms with E-state index in [1.807, 2.05) is 0 Å². The van der Waals surface area contributed by atoms with E-state index in [9.17, 15) is 15.0 Å². The van der Waals surface area contributed by atoms with E-state index in [0.29, 0.717) is 0 Å². The number of aliphatic hydroxyl groups is 3. The molecule has 0 radical (unpaired) electrons. The number of nitrogens with zero attached hydrogens (tertiary/aromatic N) is 2. The number of carbonyl (C=O) groups excluding carboxylic acids is 1. The molecule has 0 saturated carbocycles. The van der Waals surface area contributed by atoms with Crippen LogP contribution < -0.4 is 11.5 Å². The lowest BCUT2D eigenvalue weighted by molar-refractivity contribution is -0.0518. The number of imidazole rings is 1. The molecule has 0 unspecified atom stereocenters. The van der Waals surface area contributed by atoms with Gasteiger partial charge in [0.25, 0.3) is 5.91 Å². The number of aliphatic hydroxyl groups excluding tert-OH is 3. The van der Waals surface area contributed by atoms with Crippen LogP contribution in [0.1, 0.15) is 16.7 Å². The van der Waals surface area contributed by atoms with Gasteiger partial charge < -0.3 is 31.5 Å². The Morgan fingerprint density at radius 3 is 2.61 bits per heavy atom. The first kappa shape index (κ1) is 12.8. The number of anilines is 1. The summed E-state index contributed by atoms with van der Waals surface area (Å²) < 4.78 is 6.42. The number of nitrogens with two attached hydrogens (primary N) is 2. The molecule has 1 aromatic heterocycles. The number of primary amides is 1. The topological polar surface area (TPSA) is 157 Å². The van der Waals surface area contributed by atoms with Crippen LogP contribution in [0, 0.1) is 0 Å². The summed E-state index contributed by atoms with van der Waals surface area (Å²) in [6.07, 6.45) is -3.32. The highest BCUT2D eigenvalue weighted by atomic mass is 16.6. The van der Waals surface area contributed by atoms with E-state index in [1.54, 1.807) is 0 Å². The fraction of sp³-hybridized carbons (Fsp3) is 0.556. The minimum absolute atomic E-state index is 0.0719. The Bertz CT molecular complexity index is 462. The summed E-state index contributed by atoms with van der Waals surface area (Å²) in [6.45, 7) is -0.452. The zero-order chi connectivity index (χ0) is 13.4. The average Bonchev–Trinajstić information content (AvgIpc) is 2.82. The molecule has 1 aliphatic heterocycles. The van der Waals surface area contributed by atoms with Crippen molar-refractivity contribution in [1.29, 1.82) is 0 Å². The number of carbonyl (C=O) groups is 1. The Morgan fingerprint density at radius 1 is 1.50 bits per heavy atom. The van der Waals surface area contributed by atoms with Gasteiger partial charge in [-0.05, 0) is 0 Å². The van der Waals surface area contributed by atoms with Crippen LogP contribution in [-0.2, 0) is 4.74 Å². The summed E-state index contributed by atoms with van der Waals surface area (Å²) in [5.41, 5.74) is 10.6. The Hall–Kier alpha value is -1.68. The zero-order valence-corrected chi connectivity index (χ0v) is 9.30. The normalized spacial score (nSPS) is 31.7. The lowest BCUT2D eigenvalue weighted by atomic mass is 10.1. The van der Waals surface area contributed by atoms with Gasteiger partial charge in [-0.25, -0.2) is 4.98 Å². The van der Waals surface area contributed by atoms with Gasteiger partial charge in [0.05, 0.1) is 12.9 Å². The first-order valence-corrected chi connectivity index (χ1v) is 5.22. The van der Waals surface area contributed by atoms with Gasteiger partial charge in [0.2, 0.25) is 0 Å². The van der Waals surface area contributed by atoms with Crippen LogP contribution in [0.5, 0.6) is 0 Å². The van der Waals surface area contributed by atoms with Crippen molar-refractivity contribution < 1.29 is 24.9 Å². The van der Waals surface area contributed by atoms with Gasteiger partial charge >= 0.3 is 0 Å². The molecule has 9 heteroatoms. The van der Waals surface area contributed by atoms with Gasteiger partial charge in [-0.2, -0.15) is 0 Å². The maximum atomic E-state index is 11.0. The molecule has 100 valence electrons. The van der Waals surface area contributed by atoms with Crippen LogP contribution in [0.15, 0.2) is 6.33 Å². The van der Waals surface area contributed by atoms with Gasteiger partial charge in [-0.1, -0.05) is 0 Å². The van der Waals surface area contributed by atoms with Crippen molar-refractivity contribution in [2.75, 3.05) is 12.3 Å². The van der Waals surface area contributed by atoms with E-state index < -0.39 is 37.1 Å². The number of hydrogen-bond donors (Lipinski definition) is 5. The number of ether oxygens (including phenoxy) is 1. The van der Waals surface area contributed by atoms with Crippen molar-refractivity contribution in [2.24, 2.45) is 5.73 Å². The molecule has 2 rings (SSSR count). The van der Waals surface area contributed by atoms with Gasteiger partial charge in [0, 0.05) is 0 Å². The fourth-order valence-corrected chi connectivity index (χ4v) is 1.87. The summed E-state index contributed by atoms with van der Waals surface area (Å²) in [4.78, 5) is 14.7. The maximum absolute atomic E-state index is 11.0. The molecule has 1 fully saturated rings. The molecule has 4 atom stereocenters. The molecule has 1 aliphatic rings. The maximum Gasteiger partial charge on any atom is 0.271 e. The van der Waals surface area contributed by atoms with Gasteiger partial charge in [-0.15, -0.1) is 0 Å². The Balaban J connectivity index is 2.30. The van der Waals surface area contributed by atoms with E-state index in [0.717, 1.165) is 0 Å². The molecule has 1 aromatic rings. The summed E-state index contributed by atoms with van der Waals surface area (Å²) >= 11 is 0. The van der Waals surface area contributed by atoms with Crippen molar-refractivity contribution in [3.05, 3.63) is 12.0 Å². The molecule has 0 aromatic carbocycles. The van der Waals surface area contributed by atoms with Crippen molar-refractivity contribution in [3.8, 4) is 0 Å². The van der Waals surface area contributed by atoms with Crippen LogP contribution in [0.2, 0.25) is 0 Å². The highest BCUT2D eigenvalue weighted by Gasteiger charge is 2.44. The predicted molar refractivity (Wildman–Crippen MR) is 58.2 cm³/mol. The van der Waals surface area contributed by atoms with Crippen LogP contribution in [0.3, 0.4) is 0 Å². The standard InChI is InChI=1S/C9H14N4O5/c10-7-4(8(11)17)12-2-13(7)9-6(16)5(15)3(1-14)18-9/h2-3,5-6,9,14-16H,1,10H2,(H2,11,17)/t3-,5+,6-,9-/m1/s1. The van der Waals surface area contributed by atoms with E-state index in [1.165, 1.54) is 10.9 Å². The Morgan fingerprint density at radius 2 is 2.17 bits per heavy atom. The quantitative estimate of drug-likeness (QED) is 0.391. The third-order valence-corrected chi connectivity index (χ3v) is 2.86. The second-order valence-electron chi connectivity index (χ2n) is 3.98. The smallest absolute Gasteiger partial charge is 0.271 e. The highest BCUT2D eigenvalue weighted by Crippen LogP contribution is 2.31. The molecular formula is C9H14N4O5. The zero-order valence-electron chi connectivity index (χ0n) is 9.30. The molecule has 0 bridgehead atoms. The second-order valence-corrected chi connectivity index (χ2v) is 3.98. The molecule has 9 nitrogen and oxygen atoms in total. The molecule has 2 heterocycles. The van der Waals surface area contributed by atoms with Gasteiger partial charge in [-0.3, -0.25) is 9.36 Å². The second kappa shape index (κ2) is 4.53. The number of hydrogen-bond acceptors (Lipinski definition) is 7. The molecule has 18 heavy (non-hydrogen) atoms. The first-order valence-electron chi connectivity index (χ1n) is 5.22. The monoisotopic (exact) mass is 258 g/mol. The largest absolute Gasteiger partial charge is 0.394 e. The van der Waals surface area contributed by atoms with Crippen molar-refractivity contribution >= 4 is 11.7 Å². The van der Waals surface area contributed by atoms with Crippen LogP contribution in [0.25, 0.3) is 0 Å². The van der Waals surface area contributed by atoms with E-state index in [2.05, 4.69) is 4.98 Å². The number of nitrogen functional groups attached to an aromatic ring is 1. The summed E-state index contributed by atoms with van der Waals surface area (Å²) in [7, 11) is 0. The molecule has 1 amide bonds. The van der Waals surface area contributed by atoms with Crippen molar-refractivity contribution in [3.63, 3.8) is 0 Å². The van der Waals surface area contributed by atoms with Crippen LogP contribution >= 0.6 is 0 Å². The van der Waals surface area contributed by atoms with Gasteiger partial charge in [0.15, 0.2) is 11.9 Å². The number of amides is 1. The third kappa shape index (κ3) is 1.82. The van der Waals surface area contributed by atoms with E-state index in [4.69, 9.17) is 21.3 Å². The van der Waals surface area contributed by atoms with Crippen LogP contribution in [0.4, 0.5) is 5.82 Å². The van der Waals surface area contributed by atoms with Crippen molar-refractivity contribution in [1.82, 2.24) is 9.55 Å². The third-order valence-electron chi connectivity index (χ3n) is 2.86.